The van der Waals surface area contributed by atoms with Crippen molar-refractivity contribution in [2.24, 2.45) is 5.73 Å². The molecule has 2 N–H and O–H groups in total. The molecule has 1 aliphatic rings. The van der Waals surface area contributed by atoms with Gasteiger partial charge < -0.3 is 5.73 Å². The quantitative estimate of drug-likeness (QED) is 0.883. The van der Waals surface area contributed by atoms with Crippen molar-refractivity contribution < 1.29 is 8.42 Å². The Kier molecular flexibility index (Phi) is 5.84. The summed E-state index contributed by atoms with van der Waals surface area (Å²) in [5.41, 5.74) is 6.77. The van der Waals surface area contributed by atoms with Crippen LogP contribution in [0.1, 0.15) is 11.6 Å². The molecular formula is C13H18Cl2N2O2S2. The van der Waals surface area contributed by atoms with Crippen LogP contribution < -0.4 is 5.73 Å². The number of sulfone groups is 1. The van der Waals surface area contributed by atoms with Crippen LogP contribution in [0.5, 0.6) is 0 Å². The van der Waals surface area contributed by atoms with Gasteiger partial charge in [0.15, 0.2) is 9.84 Å². The van der Waals surface area contributed by atoms with Crippen LogP contribution in [0.4, 0.5) is 0 Å². The average Bonchev–Trinajstić information content (AvgIpc) is 2.38. The summed E-state index contributed by atoms with van der Waals surface area (Å²) in [5.74, 6) is 1.44. The SMILES string of the molecule is CS(=O)(=O)C1CSCCN1C(CN)c1cc(Cl)cc(Cl)c1. The van der Waals surface area contributed by atoms with Crippen LogP contribution in [0.3, 0.4) is 0 Å². The third kappa shape index (κ3) is 4.27. The lowest BCUT2D eigenvalue weighted by Crippen LogP contribution is -2.50. The van der Waals surface area contributed by atoms with Crippen molar-refractivity contribution >= 4 is 44.8 Å². The van der Waals surface area contributed by atoms with Crippen molar-refractivity contribution in [2.75, 3.05) is 30.9 Å². The normalized spacial score (nSPS) is 22.2. The molecule has 1 aromatic carbocycles. The van der Waals surface area contributed by atoms with Gasteiger partial charge in [-0.2, -0.15) is 11.8 Å². The zero-order valence-corrected chi connectivity index (χ0v) is 14.8. The summed E-state index contributed by atoms with van der Waals surface area (Å²) in [5, 5.41) is 0.527. The van der Waals surface area contributed by atoms with Gasteiger partial charge in [0.1, 0.15) is 5.37 Å². The molecule has 0 spiro atoms. The van der Waals surface area contributed by atoms with Crippen molar-refractivity contribution in [1.82, 2.24) is 4.90 Å². The second-order valence-electron chi connectivity index (χ2n) is 5.05. The van der Waals surface area contributed by atoms with E-state index in [1.807, 2.05) is 4.90 Å². The van der Waals surface area contributed by atoms with Crippen molar-refractivity contribution in [1.29, 1.82) is 0 Å². The van der Waals surface area contributed by atoms with Gasteiger partial charge in [-0.1, -0.05) is 23.2 Å². The number of nitrogens with two attached hydrogens (primary N) is 1. The monoisotopic (exact) mass is 368 g/mol. The van der Waals surface area contributed by atoms with Gasteiger partial charge >= 0.3 is 0 Å². The number of nitrogens with zero attached hydrogens (tertiary/aromatic N) is 1. The molecule has 1 aromatic rings. The minimum absolute atomic E-state index is 0.207. The van der Waals surface area contributed by atoms with Gasteiger partial charge in [-0.15, -0.1) is 0 Å². The molecule has 1 fully saturated rings. The van der Waals surface area contributed by atoms with Gasteiger partial charge in [-0.25, -0.2) is 8.42 Å². The Bertz CT molecular complexity index is 590. The topological polar surface area (TPSA) is 63.4 Å². The average molecular weight is 369 g/mol. The van der Waals surface area contributed by atoms with Gasteiger partial charge in [-0.3, -0.25) is 4.90 Å². The lowest BCUT2D eigenvalue weighted by atomic mass is 10.1. The fourth-order valence-corrected chi connectivity index (χ4v) is 6.01. The summed E-state index contributed by atoms with van der Waals surface area (Å²) in [7, 11) is -3.17. The van der Waals surface area contributed by atoms with Crippen LogP contribution in [0.2, 0.25) is 10.0 Å². The number of thioether (sulfide) groups is 1. The Labute approximate surface area is 139 Å². The molecule has 0 aromatic heterocycles. The van der Waals surface area contributed by atoms with E-state index in [9.17, 15) is 8.42 Å². The molecule has 118 valence electrons. The highest BCUT2D eigenvalue weighted by atomic mass is 35.5. The second-order valence-corrected chi connectivity index (χ2v) is 9.28. The van der Waals surface area contributed by atoms with Crippen molar-refractivity contribution in [3.05, 3.63) is 33.8 Å². The molecule has 4 nitrogen and oxygen atoms in total. The predicted octanol–water partition coefficient (Wildman–Crippen LogP) is 2.41. The molecule has 0 saturated carbocycles. The second kappa shape index (κ2) is 7.06. The number of hydrogen-bond acceptors (Lipinski definition) is 5. The maximum absolute atomic E-state index is 12.0. The van der Waals surface area contributed by atoms with Crippen LogP contribution in [-0.4, -0.2) is 49.5 Å². The predicted molar refractivity (Wildman–Crippen MR) is 90.9 cm³/mol. The Morgan fingerprint density at radius 1 is 1.38 bits per heavy atom. The van der Waals surface area contributed by atoms with Crippen molar-refractivity contribution in [2.45, 2.75) is 11.4 Å². The fraction of sp³-hybridized carbons (Fsp3) is 0.538. The van der Waals surface area contributed by atoms with Gasteiger partial charge in [0.05, 0.1) is 0 Å². The van der Waals surface area contributed by atoms with E-state index in [4.69, 9.17) is 28.9 Å². The highest BCUT2D eigenvalue weighted by Gasteiger charge is 2.35. The molecule has 0 amide bonds. The van der Waals surface area contributed by atoms with E-state index >= 15 is 0 Å². The Morgan fingerprint density at radius 2 is 2.00 bits per heavy atom. The van der Waals surface area contributed by atoms with Gasteiger partial charge in [0.2, 0.25) is 0 Å². The first kappa shape index (κ1) is 17.4. The fourth-order valence-electron chi connectivity index (χ4n) is 2.55. The molecule has 2 rings (SSSR count). The molecule has 8 heteroatoms. The number of halogens is 2. The van der Waals surface area contributed by atoms with Crippen molar-refractivity contribution in [3.8, 4) is 0 Å². The van der Waals surface area contributed by atoms with E-state index in [0.29, 0.717) is 28.9 Å². The lowest BCUT2D eigenvalue weighted by molar-refractivity contribution is 0.198. The largest absolute Gasteiger partial charge is 0.329 e. The molecule has 2 unspecified atom stereocenters. The van der Waals surface area contributed by atoms with E-state index in [-0.39, 0.29) is 6.04 Å². The third-order valence-corrected chi connectivity index (χ3v) is 6.61. The highest BCUT2D eigenvalue weighted by molar-refractivity contribution is 8.00. The van der Waals surface area contributed by atoms with Gasteiger partial charge in [0, 0.05) is 46.9 Å². The standard InChI is InChI=1S/C13H18Cl2N2O2S2/c1-21(18,19)13-8-20-3-2-17(13)12(7-16)9-4-10(14)6-11(15)5-9/h4-6,12-13H,2-3,7-8,16H2,1H3. The molecule has 0 aliphatic carbocycles. The smallest absolute Gasteiger partial charge is 0.164 e. The van der Waals surface area contributed by atoms with E-state index < -0.39 is 15.2 Å². The number of rotatable bonds is 4. The Balaban J connectivity index is 2.38. The third-order valence-electron chi connectivity index (χ3n) is 3.51. The molecule has 2 atom stereocenters. The minimum Gasteiger partial charge on any atom is -0.329 e. The van der Waals surface area contributed by atoms with Crippen molar-refractivity contribution in [3.63, 3.8) is 0 Å². The summed E-state index contributed by atoms with van der Waals surface area (Å²) in [6.45, 7) is 0.988. The first-order valence-corrected chi connectivity index (χ1v) is 10.4. The molecule has 0 bridgehead atoms. The minimum atomic E-state index is -3.17. The number of benzene rings is 1. The van der Waals surface area contributed by atoms with E-state index in [2.05, 4.69) is 0 Å². The molecule has 0 radical (unpaired) electrons. The molecule has 1 aliphatic heterocycles. The number of hydrogen-bond donors (Lipinski definition) is 1. The van der Waals surface area contributed by atoms with Crippen LogP contribution in [0.15, 0.2) is 18.2 Å². The summed E-state index contributed by atoms with van der Waals surface area (Å²) in [6.07, 6.45) is 1.27. The first-order chi connectivity index (χ1) is 9.82. The van der Waals surface area contributed by atoms with E-state index in [1.54, 1.807) is 30.0 Å². The maximum Gasteiger partial charge on any atom is 0.164 e. The zero-order valence-electron chi connectivity index (χ0n) is 11.6. The maximum atomic E-state index is 12.0. The molecular weight excluding hydrogens is 351 g/mol. The zero-order chi connectivity index (χ0) is 15.6. The highest BCUT2D eigenvalue weighted by Crippen LogP contribution is 2.32. The molecule has 21 heavy (non-hydrogen) atoms. The summed E-state index contributed by atoms with van der Waals surface area (Å²) in [6, 6.07) is 5.04. The van der Waals surface area contributed by atoms with E-state index in [0.717, 1.165) is 11.3 Å². The summed E-state index contributed by atoms with van der Waals surface area (Å²) in [4.78, 5) is 1.95. The van der Waals surface area contributed by atoms with Crippen LogP contribution >= 0.6 is 35.0 Å². The van der Waals surface area contributed by atoms with Crippen LogP contribution in [0, 0.1) is 0 Å². The van der Waals surface area contributed by atoms with Gasteiger partial charge in [0.25, 0.3) is 0 Å². The van der Waals surface area contributed by atoms with E-state index in [1.165, 1.54) is 6.26 Å². The molecule has 1 saturated heterocycles. The van der Waals surface area contributed by atoms with Gasteiger partial charge in [-0.05, 0) is 23.8 Å². The summed E-state index contributed by atoms with van der Waals surface area (Å²) >= 11 is 13.7. The molecule has 1 heterocycles. The van der Waals surface area contributed by atoms with Crippen LogP contribution in [-0.2, 0) is 9.84 Å². The summed E-state index contributed by atoms with van der Waals surface area (Å²) < 4.78 is 24.1. The van der Waals surface area contributed by atoms with Crippen LogP contribution in [0.25, 0.3) is 0 Å². The first-order valence-electron chi connectivity index (χ1n) is 6.51. The Morgan fingerprint density at radius 3 is 2.52 bits per heavy atom. The lowest BCUT2D eigenvalue weighted by Gasteiger charge is -2.39. The Hall–Kier alpha value is 0.0200.